The summed E-state index contributed by atoms with van der Waals surface area (Å²) < 4.78 is 68.1. The van der Waals surface area contributed by atoms with Crippen LogP contribution in [0.2, 0.25) is 0 Å². The number of aliphatic hydroxyl groups is 1. The third-order valence-electron chi connectivity index (χ3n) is 15.4. The fourth-order valence-electron chi connectivity index (χ4n) is 9.75. The van der Waals surface area contributed by atoms with Crippen LogP contribution in [0.25, 0.3) is 0 Å². The Labute approximate surface area is 517 Å². The second-order valence-electron chi connectivity index (χ2n) is 25.5. The minimum absolute atomic E-state index is 0.103. The van der Waals surface area contributed by atoms with Gasteiger partial charge in [0.1, 0.15) is 19.3 Å². The van der Waals surface area contributed by atoms with Crippen molar-refractivity contribution in [2.45, 2.75) is 337 Å². The van der Waals surface area contributed by atoms with E-state index in [1.807, 2.05) is 0 Å². The molecule has 6 atom stereocenters. The van der Waals surface area contributed by atoms with Crippen LogP contribution >= 0.6 is 15.6 Å². The molecule has 0 saturated heterocycles. The fraction of sp³-hybridized carbons (Fsp3) is 0.939. The lowest BCUT2D eigenvalue weighted by molar-refractivity contribution is -0.161. The number of phosphoric ester groups is 2. The van der Waals surface area contributed by atoms with Crippen LogP contribution in [0, 0.1) is 23.7 Å². The molecule has 19 heteroatoms. The van der Waals surface area contributed by atoms with Gasteiger partial charge in [0.15, 0.2) is 12.2 Å². The molecule has 4 unspecified atom stereocenters. The maximum Gasteiger partial charge on any atom is 0.472 e. The summed E-state index contributed by atoms with van der Waals surface area (Å²) >= 11 is 0. The van der Waals surface area contributed by atoms with Crippen molar-refractivity contribution >= 4 is 39.5 Å². The molecule has 0 fully saturated rings. The second kappa shape index (κ2) is 56.1. The highest BCUT2D eigenvalue weighted by Crippen LogP contribution is 2.45. The normalized spacial score (nSPS) is 14.7. The van der Waals surface area contributed by atoms with Gasteiger partial charge in [-0.25, -0.2) is 9.13 Å². The van der Waals surface area contributed by atoms with Gasteiger partial charge in [-0.3, -0.25) is 37.3 Å². The Balaban J connectivity index is 5.27. The summed E-state index contributed by atoms with van der Waals surface area (Å²) in [4.78, 5) is 72.3. The molecule has 0 saturated carbocycles. The average molecular weight is 1260 g/mol. The molecule has 0 aromatic heterocycles. The number of esters is 4. The van der Waals surface area contributed by atoms with Crippen molar-refractivity contribution in [3.05, 3.63) is 0 Å². The first-order chi connectivity index (χ1) is 40.6. The number of hydrogen-bond donors (Lipinski definition) is 3. The third kappa shape index (κ3) is 59.5. The molecule has 0 aromatic carbocycles. The maximum absolute atomic E-state index is 13.0. The molecule has 0 heterocycles. The first kappa shape index (κ1) is 83.1. The molecular weight excluding hydrogens is 1130 g/mol. The molecule has 0 amide bonds. The van der Waals surface area contributed by atoms with Crippen molar-refractivity contribution in [3.8, 4) is 0 Å². The predicted molar refractivity (Wildman–Crippen MR) is 340 cm³/mol. The van der Waals surface area contributed by atoms with E-state index in [-0.39, 0.29) is 25.7 Å². The van der Waals surface area contributed by atoms with E-state index in [9.17, 15) is 43.2 Å². The summed E-state index contributed by atoms with van der Waals surface area (Å²) in [7, 11) is -9.89. The number of phosphoric acid groups is 2. The van der Waals surface area contributed by atoms with Crippen LogP contribution in [-0.4, -0.2) is 96.7 Å². The molecule has 0 aliphatic rings. The number of rotatable bonds is 63. The number of hydrogen-bond acceptors (Lipinski definition) is 15. The van der Waals surface area contributed by atoms with Gasteiger partial charge < -0.3 is 33.8 Å². The second-order valence-corrected chi connectivity index (χ2v) is 28.4. The van der Waals surface area contributed by atoms with Crippen molar-refractivity contribution in [2.75, 3.05) is 39.6 Å². The average Bonchev–Trinajstić information content (AvgIpc) is 3.53. The Morgan fingerprint density at radius 3 is 0.835 bits per heavy atom. The highest BCUT2D eigenvalue weighted by molar-refractivity contribution is 7.47. The molecule has 0 aliphatic carbocycles. The Hall–Kier alpha value is -1.94. The molecule has 0 radical (unpaired) electrons. The van der Waals surface area contributed by atoms with E-state index >= 15 is 0 Å². The van der Waals surface area contributed by atoms with Crippen LogP contribution in [0.5, 0.6) is 0 Å². The van der Waals surface area contributed by atoms with Crippen LogP contribution in [-0.2, 0) is 65.4 Å². The van der Waals surface area contributed by atoms with E-state index in [1.54, 1.807) is 0 Å². The molecule has 0 aliphatic heterocycles. The minimum atomic E-state index is -4.95. The molecule has 504 valence electrons. The quantitative estimate of drug-likeness (QED) is 0.0222. The lowest BCUT2D eigenvalue weighted by atomic mass is 9.99. The maximum atomic E-state index is 13.0. The Bertz CT molecular complexity index is 1700. The van der Waals surface area contributed by atoms with E-state index in [4.69, 9.17) is 37.0 Å². The van der Waals surface area contributed by atoms with Gasteiger partial charge in [-0.15, -0.1) is 0 Å². The van der Waals surface area contributed by atoms with Crippen molar-refractivity contribution < 1.29 is 80.2 Å². The van der Waals surface area contributed by atoms with Crippen LogP contribution in [0.4, 0.5) is 0 Å². The van der Waals surface area contributed by atoms with Gasteiger partial charge in [0.2, 0.25) is 0 Å². The van der Waals surface area contributed by atoms with E-state index in [0.717, 1.165) is 114 Å². The van der Waals surface area contributed by atoms with E-state index < -0.39 is 97.5 Å². The number of carbonyl (C=O) groups excluding carboxylic acids is 4. The van der Waals surface area contributed by atoms with Crippen LogP contribution in [0.15, 0.2) is 0 Å². The summed E-state index contributed by atoms with van der Waals surface area (Å²) in [5.74, 6) is 0.800. The van der Waals surface area contributed by atoms with Crippen molar-refractivity contribution in [1.29, 1.82) is 0 Å². The van der Waals surface area contributed by atoms with Crippen molar-refractivity contribution in [2.24, 2.45) is 23.7 Å². The lowest BCUT2D eigenvalue weighted by Gasteiger charge is -2.21. The number of carbonyl (C=O) groups is 4. The Kier molecular flexibility index (Phi) is 54.8. The van der Waals surface area contributed by atoms with Gasteiger partial charge in [-0.05, 0) is 49.4 Å². The molecule has 0 rings (SSSR count). The first-order valence-electron chi connectivity index (χ1n) is 34.2. The topological polar surface area (TPSA) is 237 Å². The van der Waals surface area contributed by atoms with Gasteiger partial charge in [0, 0.05) is 25.7 Å². The van der Waals surface area contributed by atoms with Gasteiger partial charge in [-0.1, -0.05) is 267 Å². The smallest absolute Gasteiger partial charge is 0.462 e. The van der Waals surface area contributed by atoms with Crippen LogP contribution in [0.3, 0.4) is 0 Å². The largest absolute Gasteiger partial charge is 0.472 e. The third-order valence-corrected chi connectivity index (χ3v) is 17.3. The number of ether oxygens (including phenoxy) is 4. The Morgan fingerprint density at radius 1 is 0.329 bits per heavy atom. The van der Waals surface area contributed by atoms with E-state index in [0.29, 0.717) is 31.6 Å². The number of unbranched alkanes of at least 4 members (excludes halogenated alkanes) is 28. The monoisotopic (exact) mass is 1250 g/mol. The first-order valence-corrected chi connectivity index (χ1v) is 37.2. The summed E-state index contributed by atoms with van der Waals surface area (Å²) in [6.45, 7) is 14.0. The van der Waals surface area contributed by atoms with Crippen LogP contribution in [0.1, 0.15) is 319 Å². The Morgan fingerprint density at radius 2 is 0.565 bits per heavy atom. The van der Waals surface area contributed by atoms with Gasteiger partial charge in [0.25, 0.3) is 0 Å². The summed E-state index contributed by atoms with van der Waals surface area (Å²) in [5.41, 5.74) is 0. The van der Waals surface area contributed by atoms with Crippen molar-refractivity contribution in [1.82, 2.24) is 0 Å². The van der Waals surface area contributed by atoms with Crippen molar-refractivity contribution in [3.63, 3.8) is 0 Å². The molecular formula is C66H128O17P2. The summed E-state index contributed by atoms with van der Waals surface area (Å²) in [6, 6.07) is 0. The molecule has 0 aromatic rings. The molecule has 0 spiro atoms. The standard InChI is InChI=1S/C66H128O17P2/c1-9-59(8)45-37-29-21-14-16-22-30-38-46-63(68)76-52-61(82-65(70)48-40-32-23-12-10-11-18-26-34-42-56(2)3)54-80-84(72,73)78-50-60(67)51-79-85(74,75)81-55-62(53-77-64(69)47-39-31-25-17-20-28-36-44-58(6)7)83-66(71)49-41-33-24-15-13-19-27-35-43-57(4)5/h56-62,67H,9-55H2,1-8H3,(H,72,73)(H,74,75)/t59?,60?,61-,62-/m1/s1. The SMILES string of the molecule is CCC(C)CCCCCCCCCCC(=O)OC[C@H](COP(=O)(O)OCC(O)COP(=O)(O)OC[C@@H](COC(=O)CCCCCCCCCC(C)C)OC(=O)CCCCCCCCCCC(C)C)OC(=O)CCCCCCCCCCCC(C)C. The van der Waals surface area contributed by atoms with Crippen LogP contribution < -0.4 is 0 Å². The fourth-order valence-corrected chi connectivity index (χ4v) is 11.3. The zero-order valence-electron chi connectivity index (χ0n) is 55.2. The predicted octanol–water partition coefficient (Wildman–Crippen LogP) is 18.1. The molecule has 85 heavy (non-hydrogen) atoms. The minimum Gasteiger partial charge on any atom is -0.462 e. The highest BCUT2D eigenvalue weighted by atomic mass is 31.2. The van der Waals surface area contributed by atoms with Gasteiger partial charge >= 0.3 is 39.5 Å². The molecule has 3 N–H and O–H groups in total. The lowest BCUT2D eigenvalue weighted by Crippen LogP contribution is -2.30. The number of aliphatic hydroxyl groups excluding tert-OH is 1. The van der Waals surface area contributed by atoms with E-state index in [1.165, 1.54) is 116 Å². The summed E-state index contributed by atoms with van der Waals surface area (Å²) in [5, 5.41) is 10.6. The van der Waals surface area contributed by atoms with Gasteiger partial charge in [-0.2, -0.15) is 0 Å². The highest BCUT2D eigenvalue weighted by Gasteiger charge is 2.30. The summed E-state index contributed by atoms with van der Waals surface area (Å²) in [6.07, 6.45) is 36.3. The molecule has 0 bridgehead atoms. The van der Waals surface area contributed by atoms with Gasteiger partial charge in [0.05, 0.1) is 26.4 Å². The van der Waals surface area contributed by atoms with E-state index in [2.05, 4.69) is 55.4 Å². The zero-order valence-corrected chi connectivity index (χ0v) is 57.0. The zero-order chi connectivity index (χ0) is 63.2. The molecule has 17 nitrogen and oxygen atoms in total.